The van der Waals surface area contributed by atoms with Crippen LogP contribution in [0.3, 0.4) is 0 Å². The Morgan fingerprint density at radius 2 is 1.89 bits per heavy atom. The Morgan fingerprint density at radius 3 is 2.64 bits per heavy atom. The highest BCUT2D eigenvalue weighted by atomic mass is 32.1. The quantitative estimate of drug-likeness (QED) is 0.644. The lowest BCUT2D eigenvalue weighted by Crippen LogP contribution is -2.48. The van der Waals surface area contributed by atoms with E-state index in [2.05, 4.69) is 9.88 Å². The Morgan fingerprint density at radius 1 is 1.07 bits per heavy atom. The Balaban J connectivity index is 1.29. The minimum atomic E-state index is -0.464. The van der Waals surface area contributed by atoms with E-state index < -0.39 is 5.76 Å². The van der Waals surface area contributed by atoms with Crippen molar-refractivity contribution >= 4 is 39.8 Å². The average Bonchev–Trinajstić information content (AvgIpc) is 3.36. The number of amides is 1. The predicted octanol–water partition coefficient (Wildman–Crippen LogP) is 2.88. The number of Topliss-reactive ketones (excluding diaryl/α,β-unsaturated/α-hetero) is 1. The van der Waals surface area contributed by atoms with Crippen molar-refractivity contribution in [2.75, 3.05) is 31.1 Å². The molecule has 2 aromatic heterocycles. The molecule has 1 aliphatic rings. The summed E-state index contributed by atoms with van der Waals surface area (Å²) in [5, 5.41) is 1.89. The molecule has 1 amide bonds. The molecule has 7 nitrogen and oxygen atoms in total. The smallest absolute Gasteiger partial charge is 0.406 e. The number of ketones is 1. The fourth-order valence-corrected chi connectivity index (χ4v) is 4.22. The standard InChI is InChI=1S/C20H21N3O4S/c24-16(17-7-3-13-28-17)6-2-8-18(25)23-11-9-22(10-12-23)15-5-1-4-14-19(15)27-20(26)21-14/h1,3-5,7,13H,2,6,8-12H2,(H,21,26). The number of anilines is 1. The van der Waals surface area contributed by atoms with Crippen molar-refractivity contribution in [3.63, 3.8) is 0 Å². The van der Waals surface area contributed by atoms with E-state index in [1.807, 2.05) is 34.5 Å². The molecule has 3 aromatic rings. The van der Waals surface area contributed by atoms with Crippen molar-refractivity contribution < 1.29 is 14.0 Å². The van der Waals surface area contributed by atoms with E-state index in [0.29, 0.717) is 56.5 Å². The minimum absolute atomic E-state index is 0.0880. The molecule has 3 heterocycles. The van der Waals surface area contributed by atoms with Gasteiger partial charge in [-0.2, -0.15) is 0 Å². The number of carbonyl (C=O) groups excluding carboxylic acids is 2. The molecule has 0 atom stereocenters. The zero-order valence-electron chi connectivity index (χ0n) is 15.3. The van der Waals surface area contributed by atoms with Gasteiger partial charge in [0.2, 0.25) is 5.91 Å². The van der Waals surface area contributed by atoms with Crippen LogP contribution in [0.4, 0.5) is 5.69 Å². The fourth-order valence-electron chi connectivity index (χ4n) is 3.52. The third-order valence-corrected chi connectivity index (χ3v) is 5.90. The summed E-state index contributed by atoms with van der Waals surface area (Å²) < 4.78 is 5.27. The maximum absolute atomic E-state index is 12.5. The van der Waals surface area contributed by atoms with E-state index in [0.717, 1.165) is 10.6 Å². The zero-order chi connectivity index (χ0) is 19.5. The summed E-state index contributed by atoms with van der Waals surface area (Å²) in [6.45, 7) is 2.58. The molecule has 1 saturated heterocycles. The van der Waals surface area contributed by atoms with Gasteiger partial charge in [-0.05, 0) is 30.0 Å². The molecule has 1 aromatic carbocycles. The van der Waals surface area contributed by atoms with Crippen molar-refractivity contribution in [2.24, 2.45) is 0 Å². The van der Waals surface area contributed by atoms with Crippen molar-refractivity contribution in [3.05, 3.63) is 51.1 Å². The van der Waals surface area contributed by atoms with Crippen LogP contribution in [0.1, 0.15) is 28.9 Å². The molecule has 146 valence electrons. The molecular formula is C20H21N3O4S. The molecule has 0 saturated carbocycles. The summed E-state index contributed by atoms with van der Waals surface area (Å²) in [6, 6.07) is 9.29. The van der Waals surface area contributed by atoms with Crippen LogP contribution in [0.5, 0.6) is 0 Å². The number of nitrogens with one attached hydrogen (secondary N) is 1. The first kappa shape index (κ1) is 18.5. The highest BCUT2D eigenvalue weighted by molar-refractivity contribution is 7.12. The average molecular weight is 399 g/mol. The lowest BCUT2D eigenvalue weighted by Gasteiger charge is -2.36. The van der Waals surface area contributed by atoms with Gasteiger partial charge in [0, 0.05) is 39.0 Å². The van der Waals surface area contributed by atoms with Gasteiger partial charge in [-0.1, -0.05) is 12.1 Å². The van der Waals surface area contributed by atoms with Crippen LogP contribution in [0.2, 0.25) is 0 Å². The van der Waals surface area contributed by atoms with Gasteiger partial charge >= 0.3 is 5.76 Å². The highest BCUT2D eigenvalue weighted by Gasteiger charge is 2.23. The van der Waals surface area contributed by atoms with Crippen LogP contribution in [0.15, 0.2) is 44.9 Å². The number of nitrogens with zero attached hydrogens (tertiary/aromatic N) is 2. The molecule has 1 N–H and O–H groups in total. The van der Waals surface area contributed by atoms with Crippen LogP contribution in [0, 0.1) is 0 Å². The van der Waals surface area contributed by atoms with E-state index in [-0.39, 0.29) is 11.7 Å². The molecule has 1 fully saturated rings. The number of hydrogen-bond donors (Lipinski definition) is 1. The highest BCUT2D eigenvalue weighted by Crippen LogP contribution is 2.26. The van der Waals surface area contributed by atoms with Gasteiger partial charge in [-0.25, -0.2) is 4.79 Å². The summed E-state index contributed by atoms with van der Waals surface area (Å²) in [7, 11) is 0. The van der Waals surface area contributed by atoms with Gasteiger partial charge in [0.05, 0.1) is 16.1 Å². The van der Waals surface area contributed by atoms with Crippen LogP contribution in [0.25, 0.3) is 11.1 Å². The third-order valence-electron chi connectivity index (χ3n) is 4.99. The van der Waals surface area contributed by atoms with Gasteiger partial charge in [0.1, 0.15) is 0 Å². The molecule has 4 rings (SSSR count). The number of aromatic nitrogens is 1. The molecular weight excluding hydrogens is 378 g/mol. The predicted molar refractivity (Wildman–Crippen MR) is 108 cm³/mol. The van der Waals surface area contributed by atoms with Crippen LogP contribution >= 0.6 is 11.3 Å². The van der Waals surface area contributed by atoms with Gasteiger partial charge in [-0.3, -0.25) is 14.6 Å². The van der Waals surface area contributed by atoms with E-state index in [9.17, 15) is 14.4 Å². The summed E-state index contributed by atoms with van der Waals surface area (Å²) in [6.07, 6.45) is 1.36. The topological polar surface area (TPSA) is 86.6 Å². The van der Waals surface area contributed by atoms with E-state index >= 15 is 0 Å². The first-order valence-electron chi connectivity index (χ1n) is 9.33. The number of H-pyrrole nitrogens is 1. The number of benzene rings is 1. The first-order chi connectivity index (χ1) is 13.6. The van der Waals surface area contributed by atoms with E-state index in [4.69, 9.17) is 4.42 Å². The van der Waals surface area contributed by atoms with Crippen molar-refractivity contribution in [2.45, 2.75) is 19.3 Å². The Hall–Kier alpha value is -2.87. The largest absolute Gasteiger partial charge is 0.417 e. The summed E-state index contributed by atoms with van der Waals surface area (Å²) in [5.74, 6) is -0.271. The summed E-state index contributed by atoms with van der Waals surface area (Å²) >= 11 is 1.44. The number of oxazole rings is 1. The van der Waals surface area contributed by atoms with E-state index in [1.54, 1.807) is 6.07 Å². The summed E-state index contributed by atoms with van der Waals surface area (Å²) in [5.41, 5.74) is 2.10. The molecule has 0 bridgehead atoms. The molecule has 28 heavy (non-hydrogen) atoms. The van der Waals surface area contributed by atoms with Crippen LogP contribution in [-0.2, 0) is 4.79 Å². The maximum Gasteiger partial charge on any atom is 0.417 e. The Kier molecular flexibility index (Phi) is 5.29. The lowest BCUT2D eigenvalue weighted by atomic mass is 10.1. The number of fused-ring (bicyclic) bond motifs is 1. The Bertz CT molecular complexity index is 1030. The zero-order valence-corrected chi connectivity index (χ0v) is 16.2. The summed E-state index contributed by atoms with van der Waals surface area (Å²) in [4.78, 5) is 43.3. The number of aromatic amines is 1. The monoisotopic (exact) mass is 399 g/mol. The fraction of sp³-hybridized carbons (Fsp3) is 0.350. The van der Waals surface area contributed by atoms with Gasteiger partial charge in [0.25, 0.3) is 0 Å². The number of rotatable bonds is 6. The number of hydrogen-bond acceptors (Lipinski definition) is 6. The number of thiophene rings is 1. The SMILES string of the molecule is O=C(CCCC(=O)N1CCN(c2cccc3[nH]c(=O)oc23)CC1)c1cccs1. The van der Waals surface area contributed by atoms with Gasteiger partial charge in [-0.15, -0.1) is 11.3 Å². The second-order valence-corrected chi connectivity index (χ2v) is 7.74. The van der Waals surface area contributed by atoms with Crippen LogP contribution in [-0.4, -0.2) is 47.8 Å². The first-order valence-corrected chi connectivity index (χ1v) is 10.2. The van der Waals surface area contributed by atoms with Crippen molar-refractivity contribution in [1.29, 1.82) is 0 Å². The molecule has 0 aliphatic carbocycles. The Labute approximate surface area is 165 Å². The van der Waals surface area contributed by atoms with Crippen molar-refractivity contribution in [1.82, 2.24) is 9.88 Å². The third kappa shape index (κ3) is 3.87. The van der Waals surface area contributed by atoms with E-state index in [1.165, 1.54) is 11.3 Å². The number of piperazine rings is 1. The number of carbonyl (C=O) groups is 2. The van der Waals surface area contributed by atoms with Gasteiger partial charge in [0.15, 0.2) is 11.4 Å². The normalized spacial score (nSPS) is 14.6. The molecule has 0 spiro atoms. The van der Waals surface area contributed by atoms with Gasteiger partial charge < -0.3 is 14.2 Å². The second kappa shape index (κ2) is 8.02. The second-order valence-electron chi connectivity index (χ2n) is 6.79. The molecule has 0 unspecified atom stereocenters. The molecule has 8 heteroatoms. The van der Waals surface area contributed by atoms with Crippen LogP contribution < -0.4 is 10.7 Å². The molecule has 1 aliphatic heterocycles. The minimum Gasteiger partial charge on any atom is -0.406 e. The molecule has 0 radical (unpaired) electrons. The maximum atomic E-state index is 12.5. The number of para-hydroxylation sites is 1. The van der Waals surface area contributed by atoms with Crippen molar-refractivity contribution in [3.8, 4) is 0 Å². The lowest BCUT2D eigenvalue weighted by molar-refractivity contribution is -0.131.